The molecule has 0 aliphatic heterocycles. The Bertz CT molecular complexity index is 473. The number of carbonyl (C=O) groups is 2. The predicted molar refractivity (Wildman–Crippen MR) is 68.0 cm³/mol. The van der Waals surface area contributed by atoms with Crippen LogP contribution in [0.25, 0.3) is 0 Å². The summed E-state index contributed by atoms with van der Waals surface area (Å²) in [6.45, 7) is 3.52. The molecule has 1 amide bonds. The lowest BCUT2D eigenvalue weighted by molar-refractivity contribution is -0.139. The van der Waals surface area contributed by atoms with Gasteiger partial charge in [-0.3, -0.25) is 4.79 Å². The van der Waals surface area contributed by atoms with Crippen LogP contribution in [0.1, 0.15) is 16.8 Å². The van der Waals surface area contributed by atoms with Crippen molar-refractivity contribution in [2.75, 3.05) is 0 Å². The monoisotopic (exact) mass is 315 g/mol. The highest BCUT2D eigenvalue weighted by molar-refractivity contribution is 9.11. The third-order valence-corrected chi connectivity index (χ3v) is 2.46. The van der Waals surface area contributed by atoms with Crippen LogP contribution in [-0.4, -0.2) is 23.0 Å². The van der Waals surface area contributed by atoms with Gasteiger partial charge in [-0.05, 0) is 28.7 Å². The van der Waals surface area contributed by atoms with Crippen molar-refractivity contribution in [1.29, 1.82) is 0 Å². The quantitative estimate of drug-likeness (QED) is 0.876. The van der Waals surface area contributed by atoms with Gasteiger partial charge in [0.25, 0.3) is 5.91 Å². The first-order valence-corrected chi connectivity index (χ1v) is 5.82. The van der Waals surface area contributed by atoms with Gasteiger partial charge in [-0.1, -0.05) is 22.5 Å². The molecule has 1 aromatic carbocycles. The summed E-state index contributed by atoms with van der Waals surface area (Å²) < 4.78 is 13.1. The summed E-state index contributed by atoms with van der Waals surface area (Å²) in [5, 5.41) is 11.3. The lowest BCUT2D eigenvalue weighted by Gasteiger charge is -2.13. The number of hydrogen-bond acceptors (Lipinski definition) is 2. The largest absolute Gasteiger partial charge is 0.480 e. The number of halogens is 2. The third kappa shape index (κ3) is 4.29. The number of benzene rings is 1. The molecule has 0 aliphatic rings. The van der Waals surface area contributed by atoms with E-state index >= 15 is 0 Å². The molecular formula is C12H11BrFNO3. The molecule has 0 fully saturated rings. The van der Waals surface area contributed by atoms with Crippen molar-refractivity contribution >= 4 is 27.8 Å². The van der Waals surface area contributed by atoms with Gasteiger partial charge in [0.15, 0.2) is 0 Å². The minimum Gasteiger partial charge on any atom is -0.480 e. The molecule has 0 unspecified atom stereocenters. The van der Waals surface area contributed by atoms with Gasteiger partial charge < -0.3 is 10.4 Å². The molecule has 2 N–H and O–H groups in total. The topological polar surface area (TPSA) is 66.4 Å². The lowest BCUT2D eigenvalue weighted by atomic mass is 10.1. The summed E-state index contributed by atoms with van der Waals surface area (Å²) >= 11 is 3.04. The number of aliphatic carboxylic acids is 1. The second-order valence-corrected chi connectivity index (χ2v) is 4.71. The summed E-state index contributed by atoms with van der Waals surface area (Å²) in [5.41, 5.74) is 0.197. The fourth-order valence-corrected chi connectivity index (χ4v) is 1.59. The Morgan fingerprint density at radius 2 is 1.94 bits per heavy atom. The van der Waals surface area contributed by atoms with Crippen LogP contribution < -0.4 is 5.32 Å². The zero-order chi connectivity index (χ0) is 13.7. The van der Waals surface area contributed by atoms with Gasteiger partial charge in [-0.15, -0.1) is 0 Å². The van der Waals surface area contributed by atoms with Gasteiger partial charge in [-0.2, -0.15) is 0 Å². The summed E-state index contributed by atoms with van der Waals surface area (Å²) in [7, 11) is 0. The van der Waals surface area contributed by atoms with E-state index in [-0.39, 0.29) is 12.0 Å². The van der Waals surface area contributed by atoms with Crippen LogP contribution in [0.3, 0.4) is 0 Å². The van der Waals surface area contributed by atoms with Crippen LogP contribution in [0.4, 0.5) is 4.39 Å². The normalized spacial score (nSPS) is 11.7. The van der Waals surface area contributed by atoms with Gasteiger partial charge >= 0.3 is 5.97 Å². The summed E-state index contributed by atoms with van der Waals surface area (Å²) in [6.07, 6.45) is 0.0717. The summed E-state index contributed by atoms with van der Waals surface area (Å²) in [4.78, 5) is 22.6. The maximum atomic E-state index is 12.7. The van der Waals surface area contributed by atoms with E-state index < -0.39 is 23.7 Å². The molecule has 18 heavy (non-hydrogen) atoms. The zero-order valence-corrected chi connectivity index (χ0v) is 10.9. The van der Waals surface area contributed by atoms with E-state index in [2.05, 4.69) is 27.8 Å². The predicted octanol–water partition coefficient (Wildman–Crippen LogP) is 2.31. The lowest BCUT2D eigenvalue weighted by Crippen LogP contribution is -2.40. The van der Waals surface area contributed by atoms with Crippen LogP contribution in [0.2, 0.25) is 0 Å². The van der Waals surface area contributed by atoms with Crippen LogP contribution in [-0.2, 0) is 4.79 Å². The molecule has 6 heteroatoms. The van der Waals surface area contributed by atoms with E-state index in [4.69, 9.17) is 5.11 Å². The van der Waals surface area contributed by atoms with Crippen molar-refractivity contribution in [3.05, 3.63) is 46.7 Å². The first-order chi connectivity index (χ1) is 8.40. The maximum Gasteiger partial charge on any atom is 0.326 e. The summed E-state index contributed by atoms with van der Waals surface area (Å²) in [6, 6.07) is 3.76. The Morgan fingerprint density at radius 3 is 2.39 bits per heavy atom. The molecular weight excluding hydrogens is 305 g/mol. The van der Waals surface area contributed by atoms with Crippen LogP contribution in [0, 0.1) is 5.82 Å². The molecule has 1 aromatic rings. The number of carbonyl (C=O) groups excluding carboxylic acids is 1. The average molecular weight is 316 g/mol. The first-order valence-electron chi connectivity index (χ1n) is 5.02. The molecule has 0 aliphatic carbocycles. The standard InChI is InChI=1S/C12H11BrFNO3/c1-7(13)6-10(12(17)18)15-11(16)8-2-4-9(14)5-3-8/h2-5,10H,1,6H2,(H,15,16)(H,17,18)/t10-/m0/s1. The maximum absolute atomic E-state index is 12.7. The molecule has 0 saturated heterocycles. The first kappa shape index (κ1) is 14.4. The van der Waals surface area contributed by atoms with Gasteiger partial charge in [0.1, 0.15) is 11.9 Å². The molecule has 0 aromatic heterocycles. The van der Waals surface area contributed by atoms with E-state index in [0.29, 0.717) is 4.48 Å². The average Bonchev–Trinajstić information content (AvgIpc) is 2.28. The fourth-order valence-electron chi connectivity index (χ4n) is 1.26. The number of nitrogens with one attached hydrogen (secondary N) is 1. The second-order valence-electron chi connectivity index (χ2n) is 3.59. The van der Waals surface area contributed by atoms with Crippen LogP contribution in [0.15, 0.2) is 35.3 Å². The number of carboxylic acids is 1. The van der Waals surface area contributed by atoms with E-state index in [1.54, 1.807) is 0 Å². The second kappa shape index (κ2) is 6.30. The van der Waals surface area contributed by atoms with Gasteiger partial charge in [0.2, 0.25) is 0 Å². The van der Waals surface area contributed by atoms with E-state index in [1.807, 2.05) is 0 Å². The van der Waals surface area contributed by atoms with E-state index in [9.17, 15) is 14.0 Å². The molecule has 0 saturated carbocycles. The number of hydrogen-bond donors (Lipinski definition) is 2. The smallest absolute Gasteiger partial charge is 0.326 e. The zero-order valence-electron chi connectivity index (χ0n) is 9.32. The Labute approximate surface area is 112 Å². The van der Waals surface area contributed by atoms with Crippen molar-refractivity contribution in [3.63, 3.8) is 0 Å². The van der Waals surface area contributed by atoms with Gasteiger partial charge in [0.05, 0.1) is 0 Å². The van der Waals surface area contributed by atoms with E-state index in [0.717, 1.165) is 12.1 Å². The highest BCUT2D eigenvalue weighted by Gasteiger charge is 2.20. The highest BCUT2D eigenvalue weighted by Crippen LogP contribution is 2.11. The molecule has 0 spiro atoms. The SMILES string of the molecule is C=C(Br)C[C@H](NC(=O)c1ccc(F)cc1)C(=O)O. The number of amides is 1. The molecule has 0 heterocycles. The molecule has 0 bridgehead atoms. The Morgan fingerprint density at radius 1 is 1.39 bits per heavy atom. The molecule has 4 nitrogen and oxygen atoms in total. The number of carboxylic acid groups (broad SMARTS) is 1. The molecule has 0 radical (unpaired) electrons. The van der Waals surface area contributed by atoms with Crippen molar-refractivity contribution in [3.8, 4) is 0 Å². The Hall–Kier alpha value is -1.69. The van der Waals surface area contributed by atoms with Crippen molar-refractivity contribution in [2.45, 2.75) is 12.5 Å². The minimum atomic E-state index is -1.16. The minimum absolute atomic E-state index is 0.0717. The van der Waals surface area contributed by atoms with Crippen LogP contribution >= 0.6 is 15.9 Å². The highest BCUT2D eigenvalue weighted by atomic mass is 79.9. The third-order valence-electron chi connectivity index (χ3n) is 2.14. The van der Waals surface area contributed by atoms with Crippen molar-refractivity contribution < 1.29 is 19.1 Å². The molecule has 96 valence electrons. The van der Waals surface area contributed by atoms with Crippen molar-refractivity contribution in [2.24, 2.45) is 0 Å². The summed E-state index contributed by atoms with van der Waals surface area (Å²) in [5.74, 6) is -2.20. The van der Waals surface area contributed by atoms with Gasteiger partial charge in [0, 0.05) is 12.0 Å². The Balaban J connectivity index is 2.75. The molecule has 1 atom stereocenters. The number of rotatable bonds is 5. The Kier molecular flexibility index (Phi) is 5.03. The van der Waals surface area contributed by atoms with Gasteiger partial charge in [-0.25, -0.2) is 9.18 Å². The molecule has 1 rings (SSSR count). The van der Waals surface area contributed by atoms with Crippen LogP contribution in [0.5, 0.6) is 0 Å². The van der Waals surface area contributed by atoms with Crippen molar-refractivity contribution in [1.82, 2.24) is 5.32 Å². The van der Waals surface area contributed by atoms with E-state index in [1.165, 1.54) is 12.1 Å². The fraction of sp³-hybridized carbons (Fsp3) is 0.167.